The Morgan fingerprint density at radius 3 is 2.66 bits per heavy atom. The molecule has 2 aromatic carbocycles. The lowest BCUT2D eigenvalue weighted by atomic mass is 10.1. The monoisotopic (exact) mass is 394 g/mol. The number of amides is 1. The van der Waals surface area contributed by atoms with Gasteiger partial charge in [-0.2, -0.15) is 5.10 Å². The molecule has 1 aliphatic heterocycles. The molecule has 4 rings (SSSR count). The van der Waals surface area contributed by atoms with Crippen molar-refractivity contribution < 1.29 is 24.2 Å². The Morgan fingerprint density at radius 2 is 1.90 bits per heavy atom. The van der Waals surface area contributed by atoms with Gasteiger partial charge in [0, 0.05) is 11.9 Å². The van der Waals surface area contributed by atoms with E-state index < -0.39 is 29.2 Å². The number of carbonyl (C=O) groups excluding carboxylic acids is 2. The molecule has 9 nitrogen and oxygen atoms in total. The summed E-state index contributed by atoms with van der Waals surface area (Å²) < 4.78 is 11.4. The summed E-state index contributed by atoms with van der Waals surface area (Å²) in [6.45, 7) is 1.81. The number of nitrogens with one attached hydrogen (secondary N) is 1. The second-order valence-corrected chi connectivity index (χ2v) is 6.51. The van der Waals surface area contributed by atoms with Gasteiger partial charge in [-0.3, -0.25) is 9.59 Å². The van der Waals surface area contributed by atoms with Crippen molar-refractivity contribution in [2.24, 2.45) is 0 Å². The molecule has 0 radical (unpaired) electrons. The minimum Gasteiger partial charge on any atom is -0.543 e. The zero-order valence-electron chi connectivity index (χ0n) is 15.4. The number of benzene rings is 2. The Labute approximate surface area is 164 Å². The number of hydrogen-bond acceptors (Lipinski definition) is 7. The Bertz CT molecular complexity index is 1190. The molecular formula is C20H16N3O6-. The quantitative estimate of drug-likeness (QED) is 0.663. The molecule has 29 heavy (non-hydrogen) atoms. The molecule has 3 aromatic rings. The third-order valence-electron chi connectivity index (χ3n) is 4.67. The Morgan fingerprint density at radius 1 is 1.17 bits per heavy atom. The first-order valence-electron chi connectivity index (χ1n) is 8.85. The van der Waals surface area contributed by atoms with Crippen molar-refractivity contribution in [3.63, 3.8) is 0 Å². The molecular weight excluding hydrogens is 378 g/mol. The fraction of sp³-hybridized carbons (Fsp3) is 0.200. The van der Waals surface area contributed by atoms with Crippen molar-refractivity contribution in [2.75, 3.05) is 6.79 Å². The highest BCUT2D eigenvalue weighted by Gasteiger charge is 2.21. The molecule has 1 amide bonds. The zero-order chi connectivity index (χ0) is 20.5. The zero-order valence-corrected chi connectivity index (χ0v) is 15.4. The first kappa shape index (κ1) is 18.5. The summed E-state index contributed by atoms with van der Waals surface area (Å²) in [6.07, 6.45) is 0. The molecule has 0 saturated carbocycles. The smallest absolute Gasteiger partial charge is 0.275 e. The normalized spacial score (nSPS) is 13.3. The van der Waals surface area contributed by atoms with E-state index in [1.165, 1.54) is 19.1 Å². The van der Waals surface area contributed by atoms with Crippen LogP contribution in [0.4, 0.5) is 0 Å². The van der Waals surface area contributed by atoms with Crippen molar-refractivity contribution in [1.29, 1.82) is 0 Å². The van der Waals surface area contributed by atoms with Crippen LogP contribution in [0.1, 0.15) is 29.0 Å². The average molecular weight is 394 g/mol. The molecule has 1 aliphatic rings. The van der Waals surface area contributed by atoms with Gasteiger partial charge in [0.05, 0.1) is 11.4 Å². The third-order valence-corrected chi connectivity index (χ3v) is 4.67. The predicted molar refractivity (Wildman–Crippen MR) is 99.5 cm³/mol. The Balaban J connectivity index is 1.59. The number of carbonyl (C=O) groups is 2. The van der Waals surface area contributed by atoms with Crippen LogP contribution in [0, 0.1) is 0 Å². The summed E-state index contributed by atoms with van der Waals surface area (Å²) in [6, 6.07) is 10.4. The molecule has 0 spiro atoms. The number of carboxylic acid groups (broad SMARTS) is 1. The van der Waals surface area contributed by atoms with Gasteiger partial charge in [0.1, 0.15) is 11.7 Å². The Kier molecular flexibility index (Phi) is 4.63. The van der Waals surface area contributed by atoms with E-state index in [9.17, 15) is 19.5 Å². The van der Waals surface area contributed by atoms with E-state index in [0.29, 0.717) is 11.5 Å². The van der Waals surface area contributed by atoms with Crippen molar-refractivity contribution >= 4 is 22.6 Å². The lowest BCUT2D eigenvalue weighted by Gasteiger charge is -2.17. The average Bonchev–Trinajstić information content (AvgIpc) is 3.19. The SMILES string of the molecule is C[C@H](C(=O)NCc1ccc2c(c1)OCO2)n1nc(C(=O)[O-])c2ccccc2c1=O. The van der Waals surface area contributed by atoms with Crippen LogP contribution in [0.3, 0.4) is 0 Å². The van der Waals surface area contributed by atoms with E-state index in [4.69, 9.17) is 9.47 Å². The molecule has 1 aromatic heterocycles. The van der Waals surface area contributed by atoms with E-state index >= 15 is 0 Å². The van der Waals surface area contributed by atoms with E-state index in [-0.39, 0.29) is 24.1 Å². The molecule has 0 saturated heterocycles. The van der Waals surface area contributed by atoms with E-state index in [1.54, 1.807) is 30.3 Å². The lowest BCUT2D eigenvalue weighted by molar-refractivity contribution is -0.255. The summed E-state index contributed by atoms with van der Waals surface area (Å²) in [4.78, 5) is 36.8. The number of nitrogens with zero attached hydrogens (tertiary/aromatic N) is 2. The summed E-state index contributed by atoms with van der Waals surface area (Å²) in [5.74, 6) is -0.786. The minimum absolute atomic E-state index is 0.150. The number of rotatable bonds is 5. The van der Waals surface area contributed by atoms with E-state index in [0.717, 1.165) is 10.2 Å². The van der Waals surface area contributed by atoms with Crippen molar-refractivity contribution in [1.82, 2.24) is 15.1 Å². The maximum atomic E-state index is 12.7. The maximum Gasteiger partial charge on any atom is 0.275 e. The number of hydrogen-bond donors (Lipinski definition) is 1. The minimum atomic E-state index is -1.53. The molecule has 1 atom stereocenters. The standard InChI is InChI=1S/C20H17N3O6/c1-11(18(24)21-9-12-6-7-15-16(8-12)29-10-28-15)23-19(25)14-5-3-2-4-13(14)17(22-23)20(26)27/h2-8,11H,9-10H2,1H3,(H,21,24)(H,26,27)/p-1/t11-/m1/s1. The topological polar surface area (TPSA) is 123 Å². The van der Waals surface area contributed by atoms with Crippen molar-refractivity contribution in [2.45, 2.75) is 19.5 Å². The van der Waals surface area contributed by atoms with Gasteiger partial charge >= 0.3 is 0 Å². The first-order valence-corrected chi connectivity index (χ1v) is 8.85. The fourth-order valence-electron chi connectivity index (χ4n) is 3.12. The van der Waals surface area contributed by atoms with Crippen LogP contribution in [0.2, 0.25) is 0 Å². The van der Waals surface area contributed by atoms with Crippen LogP contribution < -0.4 is 25.5 Å². The van der Waals surface area contributed by atoms with Gasteiger partial charge in [0.2, 0.25) is 12.7 Å². The highest BCUT2D eigenvalue weighted by Crippen LogP contribution is 2.32. The van der Waals surface area contributed by atoms with Gasteiger partial charge in [-0.25, -0.2) is 4.68 Å². The summed E-state index contributed by atoms with van der Waals surface area (Å²) >= 11 is 0. The molecule has 0 aliphatic carbocycles. The van der Waals surface area contributed by atoms with Crippen LogP contribution >= 0.6 is 0 Å². The second-order valence-electron chi connectivity index (χ2n) is 6.51. The third kappa shape index (κ3) is 3.38. The Hall–Kier alpha value is -3.88. The van der Waals surface area contributed by atoms with Crippen LogP contribution in [0.5, 0.6) is 11.5 Å². The number of carboxylic acids is 1. The van der Waals surface area contributed by atoms with Gasteiger partial charge in [0.25, 0.3) is 5.56 Å². The molecule has 2 heterocycles. The van der Waals surface area contributed by atoms with Gasteiger partial charge in [-0.1, -0.05) is 24.3 Å². The number of ether oxygens (including phenoxy) is 2. The predicted octanol–water partition coefficient (Wildman–Crippen LogP) is 0.366. The van der Waals surface area contributed by atoms with Crippen LogP contribution in [-0.4, -0.2) is 28.4 Å². The van der Waals surface area contributed by atoms with E-state index in [1.807, 2.05) is 0 Å². The van der Waals surface area contributed by atoms with Crippen LogP contribution in [0.25, 0.3) is 10.8 Å². The molecule has 1 N–H and O–H groups in total. The molecule has 0 fully saturated rings. The largest absolute Gasteiger partial charge is 0.543 e. The van der Waals surface area contributed by atoms with Crippen molar-refractivity contribution in [3.05, 3.63) is 64.1 Å². The molecule has 0 unspecified atom stereocenters. The highest BCUT2D eigenvalue weighted by molar-refractivity contribution is 6.00. The van der Waals surface area contributed by atoms with Gasteiger partial charge in [-0.15, -0.1) is 0 Å². The number of aromatic nitrogens is 2. The van der Waals surface area contributed by atoms with Gasteiger partial charge < -0.3 is 24.7 Å². The van der Waals surface area contributed by atoms with Crippen LogP contribution in [-0.2, 0) is 11.3 Å². The number of fused-ring (bicyclic) bond motifs is 2. The maximum absolute atomic E-state index is 12.7. The first-order chi connectivity index (χ1) is 14.0. The molecule has 0 bridgehead atoms. The summed E-state index contributed by atoms with van der Waals surface area (Å²) in [5, 5.41) is 18.4. The molecule has 148 valence electrons. The van der Waals surface area contributed by atoms with Gasteiger partial charge in [-0.05, 0) is 30.7 Å². The van der Waals surface area contributed by atoms with E-state index in [2.05, 4.69) is 10.4 Å². The fourth-order valence-corrected chi connectivity index (χ4v) is 3.12. The highest BCUT2D eigenvalue weighted by atomic mass is 16.7. The lowest BCUT2D eigenvalue weighted by Crippen LogP contribution is -2.38. The van der Waals surface area contributed by atoms with Gasteiger partial charge in [0.15, 0.2) is 11.5 Å². The number of aromatic carboxylic acids is 1. The summed E-state index contributed by atoms with van der Waals surface area (Å²) in [5.41, 5.74) is -0.170. The molecule has 9 heteroatoms. The van der Waals surface area contributed by atoms with Crippen LogP contribution in [0.15, 0.2) is 47.3 Å². The van der Waals surface area contributed by atoms with Crippen molar-refractivity contribution in [3.8, 4) is 11.5 Å². The second kappa shape index (κ2) is 7.27. The summed E-state index contributed by atoms with van der Waals surface area (Å²) in [7, 11) is 0.